The molecule has 2 nitrogen and oxygen atoms in total. The Morgan fingerprint density at radius 2 is 2.06 bits per heavy atom. The first-order chi connectivity index (χ1) is 8.15. The lowest BCUT2D eigenvalue weighted by Crippen LogP contribution is -2.13. The number of hydrogen-bond acceptors (Lipinski definition) is 3. The molecule has 0 radical (unpaired) electrons. The fourth-order valence-electron chi connectivity index (χ4n) is 2.39. The maximum atomic E-state index is 11.9. The number of aryl methyl sites for hydroxylation is 2. The standard InChI is InChI=1S/C14H19NOS/c1-10-7-11(2)15-14(8-10)17-9-13(16)12-5-3-4-6-12/h7-8,12H,3-6,9H2,1-2H3. The third kappa shape index (κ3) is 3.56. The number of ketones is 1. The van der Waals surface area contributed by atoms with E-state index in [1.165, 1.54) is 18.4 Å². The summed E-state index contributed by atoms with van der Waals surface area (Å²) < 4.78 is 0. The quantitative estimate of drug-likeness (QED) is 0.764. The largest absolute Gasteiger partial charge is 0.298 e. The van der Waals surface area contributed by atoms with E-state index in [4.69, 9.17) is 0 Å². The number of hydrogen-bond donors (Lipinski definition) is 0. The van der Waals surface area contributed by atoms with Crippen LogP contribution in [0.25, 0.3) is 0 Å². The van der Waals surface area contributed by atoms with Crippen LogP contribution in [0.4, 0.5) is 0 Å². The third-order valence-corrected chi connectivity index (χ3v) is 4.18. The highest BCUT2D eigenvalue weighted by Crippen LogP contribution is 2.28. The number of thioether (sulfide) groups is 1. The number of rotatable bonds is 4. The van der Waals surface area contributed by atoms with Crippen molar-refractivity contribution in [2.75, 3.05) is 5.75 Å². The first-order valence-electron chi connectivity index (χ1n) is 6.26. The molecule has 17 heavy (non-hydrogen) atoms. The van der Waals surface area contributed by atoms with E-state index in [-0.39, 0.29) is 0 Å². The van der Waals surface area contributed by atoms with Crippen molar-refractivity contribution in [3.05, 3.63) is 23.4 Å². The van der Waals surface area contributed by atoms with Gasteiger partial charge in [-0.25, -0.2) is 4.98 Å². The second-order valence-electron chi connectivity index (χ2n) is 4.86. The zero-order chi connectivity index (χ0) is 12.3. The van der Waals surface area contributed by atoms with Crippen molar-refractivity contribution in [2.24, 2.45) is 5.92 Å². The molecule has 1 fully saturated rings. The van der Waals surface area contributed by atoms with E-state index in [1.807, 2.05) is 6.92 Å². The molecule has 0 saturated heterocycles. The fourth-order valence-corrected chi connectivity index (χ4v) is 3.39. The third-order valence-electron chi connectivity index (χ3n) is 3.25. The Labute approximate surface area is 107 Å². The number of Topliss-reactive ketones (excluding diaryl/α,β-unsaturated/α-hetero) is 1. The van der Waals surface area contributed by atoms with Gasteiger partial charge in [0.05, 0.1) is 10.8 Å². The Balaban J connectivity index is 1.90. The van der Waals surface area contributed by atoms with Crippen molar-refractivity contribution in [1.29, 1.82) is 0 Å². The van der Waals surface area contributed by atoms with Gasteiger partial charge < -0.3 is 0 Å². The summed E-state index contributed by atoms with van der Waals surface area (Å²) in [7, 11) is 0. The van der Waals surface area contributed by atoms with Gasteiger partial charge in [-0.05, 0) is 44.4 Å². The van der Waals surface area contributed by atoms with Crippen LogP contribution in [-0.2, 0) is 4.79 Å². The van der Waals surface area contributed by atoms with Gasteiger partial charge >= 0.3 is 0 Å². The highest BCUT2D eigenvalue weighted by Gasteiger charge is 2.22. The molecule has 1 aromatic rings. The van der Waals surface area contributed by atoms with E-state index in [2.05, 4.69) is 24.0 Å². The maximum Gasteiger partial charge on any atom is 0.146 e. The second-order valence-corrected chi connectivity index (χ2v) is 5.86. The molecule has 0 N–H and O–H groups in total. The lowest BCUT2D eigenvalue weighted by Gasteiger charge is -2.07. The van der Waals surface area contributed by atoms with E-state index < -0.39 is 0 Å². The van der Waals surface area contributed by atoms with Crippen LogP contribution in [0.2, 0.25) is 0 Å². The average molecular weight is 249 g/mol. The number of carbonyl (C=O) groups excluding carboxylic acids is 1. The highest BCUT2D eigenvalue weighted by molar-refractivity contribution is 7.99. The highest BCUT2D eigenvalue weighted by atomic mass is 32.2. The molecule has 0 aromatic carbocycles. The summed E-state index contributed by atoms with van der Waals surface area (Å²) in [5.74, 6) is 1.32. The van der Waals surface area contributed by atoms with Gasteiger partial charge in [0.2, 0.25) is 0 Å². The van der Waals surface area contributed by atoms with Crippen molar-refractivity contribution in [1.82, 2.24) is 4.98 Å². The summed E-state index contributed by atoms with van der Waals surface area (Å²) in [6.45, 7) is 4.06. The first-order valence-corrected chi connectivity index (χ1v) is 7.24. The van der Waals surface area contributed by atoms with E-state index in [0.717, 1.165) is 23.6 Å². The van der Waals surface area contributed by atoms with Gasteiger partial charge in [-0.2, -0.15) is 0 Å². The minimum Gasteiger partial charge on any atom is -0.298 e. The zero-order valence-corrected chi connectivity index (χ0v) is 11.3. The molecule has 0 spiro atoms. The Morgan fingerprint density at radius 1 is 1.35 bits per heavy atom. The average Bonchev–Trinajstić information content (AvgIpc) is 2.78. The normalized spacial score (nSPS) is 16.4. The minimum absolute atomic E-state index is 0.327. The van der Waals surface area contributed by atoms with Crippen LogP contribution < -0.4 is 0 Å². The number of aromatic nitrogens is 1. The predicted octanol–water partition coefficient (Wildman–Crippen LogP) is 3.55. The molecule has 1 aliphatic carbocycles. The number of pyridine rings is 1. The van der Waals surface area contributed by atoms with Gasteiger partial charge in [0.15, 0.2) is 0 Å². The Morgan fingerprint density at radius 3 is 2.71 bits per heavy atom. The van der Waals surface area contributed by atoms with Crippen LogP contribution in [0.3, 0.4) is 0 Å². The van der Waals surface area contributed by atoms with Crippen LogP contribution >= 0.6 is 11.8 Å². The molecule has 92 valence electrons. The summed E-state index contributed by atoms with van der Waals surface area (Å²) in [5, 5.41) is 0.980. The van der Waals surface area contributed by atoms with Crippen molar-refractivity contribution in [3.8, 4) is 0 Å². The van der Waals surface area contributed by atoms with Gasteiger partial charge in [-0.3, -0.25) is 4.79 Å². The van der Waals surface area contributed by atoms with Crippen molar-refractivity contribution in [2.45, 2.75) is 44.6 Å². The van der Waals surface area contributed by atoms with E-state index >= 15 is 0 Å². The van der Waals surface area contributed by atoms with Crippen LogP contribution in [-0.4, -0.2) is 16.5 Å². The number of carbonyl (C=O) groups is 1. The maximum absolute atomic E-state index is 11.9. The second kappa shape index (κ2) is 5.67. The van der Waals surface area contributed by atoms with Gasteiger partial charge in [0.1, 0.15) is 5.78 Å². The molecular formula is C14H19NOS. The van der Waals surface area contributed by atoms with E-state index in [1.54, 1.807) is 11.8 Å². The molecule has 1 aliphatic rings. The monoisotopic (exact) mass is 249 g/mol. The minimum atomic E-state index is 0.327. The molecule has 0 atom stereocenters. The van der Waals surface area contributed by atoms with Crippen molar-refractivity contribution >= 4 is 17.5 Å². The first kappa shape index (κ1) is 12.6. The van der Waals surface area contributed by atoms with E-state index in [0.29, 0.717) is 17.5 Å². The summed E-state index contributed by atoms with van der Waals surface area (Å²) in [5.41, 5.74) is 2.24. The molecule has 0 amide bonds. The summed E-state index contributed by atoms with van der Waals surface area (Å²) in [6.07, 6.45) is 4.64. The molecule has 0 aliphatic heterocycles. The molecule has 1 heterocycles. The lowest BCUT2D eigenvalue weighted by atomic mass is 10.0. The zero-order valence-electron chi connectivity index (χ0n) is 10.5. The van der Waals surface area contributed by atoms with Gasteiger partial charge in [0.25, 0.3) is 0 Å². The van der Waals surface area contributed by atoms with Crippen LogP contribution in [0.5, 0.6) is 0 Å². The van der Waals surface area contributed by atoms with Gasteiger partial charge in [-0.1, -0.05) is 24.6 Å². The Hall–Kier alpha value is -0.830. The molecule has 0 unspecified atom stereocenters. The van der Waals surface area contributed by atoms with Crippen LogP contribution in [0, 0.1) is 19.8 Å². The molecule has 1 saturated carbocycles. The molecule has 3 heteroatoms. The van der Waals surface area contributed by atoms with Crippen molar-refractivity contribution in [3.63, 3.8) is 0 Å². The summed E-state index contributed by atoms with van der Waals surface area (Å²) >= 11 is 1.58. The van der Waals surface area contributed by atoms with Crippen LogP contribution in [0.1, 0.15) is 36.9 Å². The van der Waals surface area contributed by atoms with E-state index in [9.17, 15) is 4.79 Å². The fraction of sp³-hybridized carbons (Fsp3) is 0.571. The topological polar surface area (TPSA) is 30.0 Å². The lowest BCUT2D eigenvalue weighted by molar-refractivity contribution is -0.120. The summed E-state index contributed by atoms with van der Waals surface area (Å²) in [4.78, 5) is 16.4. The molecular weight excluding hydrogens is 230 g/mol. The van der Waals surface area contributed by atoms with Gasteiger partial charge in [-0.15, -0.1) is 0 Å². The SMILES string of the molecule is Cc1cc(C)nc(SCC(=O)C2CCCC2)c1. The smallest absolute Gasteiger partial charge is 0.146 e. The van der Waals surface area contributed by atoms with Crippen LogP contribution in [0.15, 0.2) is 17.2 Å². The Kier molecular flexibility index (Phi) is 4.21. The molecule has 2 rings (SSSR count). The number of nitrogens with zero attached hydrogens (tertiary/aromatic N) is 1. The van der Waals surface area contributed by atoms with Crippen molar-refractivity contribution < 1.29 is 4.79 Å². The summed E-state index contributed by atoms with van der Waals surface area (Å²) in [6, 6.07) is 4.11. The van der Waals surface area contributed by atoms with Gasteiger partial charge in [0, 0.05) is 11.6 Å². The predicted molar refractivity (Wildman–Crippen MR) is 71.4 cm³/mol. The molecule has 0 bridgehead atoms. The molecule has 1 aromatic heterocycles. The Bertz CT molecular complexity index is 390.